The Kier molecular flexibility index (Phi) is 4.55. The highest BCUT2D eigenvalue weighted by Crippen LogP contribution is 2.36. The van der Waals surface area contributed by atoms with Gasteiger partial charge in [-0.2, -0.15) is 0 Å². The summed E-state index contributed by atoms with van der Waals surface area (Å²) in [5, 5.41) is 0.0127. The number of hydrogen-bond acceptors (Lipinski definition) is 1. The van der Waals surface area contributed by atoms with E-state index in [1.807, 2.05) is 31.2 Å². The first kappa shape index (κ1) is 13.0. The molecular formula is C14H12BrClS. The minimum atomic E-state index is 0.0127. The smallest absolute Gasteiger partial charge is 0.0568 e. The number of rotatable bonds is 3. The van der Waals surface area contributed by atoms with E-state index in [1.54, 1.807) is 11.8 Å². The molecule has 88 valence electrons. The lowest BCUT2D eigenvalue weighted by atomic mass is 10.2. The van der Waals surface area contributed by atoms with Gasteiger partial charge in [-0.1, -0.05) is 45.9 Å². The molecule has 2 rings (SSSR count). The normalized spacial score (nSPS) is 12.4. The summed E-state index contributed by atoms with van der Waals surface area (Å²) in [7, 11) is 0. The van der Waals surface area contributed by atoms with Crippen LogP contribution in [0.1, 0.15) is 17.9 Å². The summed E-state index contributed by atoms with van der Waals surface area (Å²) in [6.45, 7) is 2.00. The zero-order valence-corrected chi connectivity index (χ0v) is 12.5. The maximum atomic E-state index is 6.21. The van der Waals surface area contributed by atoms with Gasteiger partial charge in [-0.15, -0.1) is 11.6 Å². The number of benzene rings is 2. The molecule has 0 saturated heterocycles. The van der Waals surface area contributed by atoms with Crippen molar-refractivity contribution in [3.63, 3.8) is 0 Å². The van der Waals surface area contributed by atoms with Crippen LogP contribution in [0, 0.1) is 0 Å². The van der Waals surface area contributed by atoms with E-state index in [0.717, 1.165) is 10.0 Å². The highest BCUT2D eigenvalue weighted by Gasteiger charge is 2.09. The van der Waals surface area contributed by atoms with Crippen LogP contribution >= 0.6 is 39.3 Å². The molecule has 0 spiro atoms. The van der Waals surface area contributed by atoms with E-state index in [-0.39, 0.29) is 5.38 Å². The van der Waals surface area contributed by atoms with Crippen molar-refractivity contribution in [2.24, 2.45) is 0 Å². The Morgan fingerprint density at radius 2 is 1.82 bits per heavy atom. The second-order valence-electron chi connectivity index (χ2n) is 3.71. The Bertz CT molecular complexity index is 497. The molecule has 0 saturated carbocycles. The van der Waals surface area contributed by atoms with Gasteiger partial charge in [0.1, 0.15) is 0 Å². The quantitative estimate of drug-likeness (QED) is 0.632. The molecule has 1 unspecified atom stereocenters. The molecule has 0 heterocycles. The molecule has 0 aromatic heterocycles. The highest BCUT2D eigenvalue weighted by molar-refractivity contribution is 9.10. The second kappa shape index (κ2) is 5.94. The number of hydrogen-bond donors (Lipinski definition) is 0. The zero-order chi connectivity index (χ0) is 12.3. The number of halogens is 2. The Labute approximate surface area is 120 Å². The third-order valence-corrected chi connectivity index (χ3v) is 4.20. The van der Waals surface area contributed by atoms with Gasteiger partial charge in [-0.25, -0.2) is 0 Å². The predicted molar refractivity (Wildman–Crippen MR) is 79.0 cm³/mol. The Balaban J connectivity index is 2.33. The fourth-order valence-corrected chi connectivity index (χ4v) is 3.20. The highest BCUT2D eigenvalue weighted by atomic mass is 79.9. The molecule has 0 radical (unpaired) electrons. The van der Waals surface area contributed by atoms with Crippen LogP contribution in [0.4, 0.5) is 0 Å². The Morgan fingerprint density at radius 3 is 2.47 bits per heavy atom. The summed E-state index contributed by atoms with van der Waals surface area (Å²) in [6, 6.07) is 16.6. The average Bonchev–Trinajstić information content (AvgIpc) is 2.32. The van der Waals surface area contributed by atoms with Gasteiger partial charge < -0.3 is 0 Å². The van der Waals surface area contributed by atoms with Crippen LogP contribution in [0.2, 0.25) is 0 Å². The minimum absolute atomic E-state index is 0.0127. The van der Waals surface area contributed by atoms with Crippen molar-refractivity contribution >= 4 is 39.3 Å². The van der Waals surface area contributed by atoms with Gasteiger partial charge in [0, 0.05) is 14.3 Å². The first-order chi connectivity index (χ1) is 8.16. The van der Waals surface area contributed by atoms with Gasteiger partial charge >= 0.3 is 0 Å². The fraction of sp³-hybridized carbons (Fsp3) is 0.143. The molecule has 0 aliphatic heterocycles. The Morgan fingerprint density at radius 1 is 1.12 bits per heavy atom. The predicted octanol–water partition coefficient (Wildman–Crippen LogP) is 5.90. The van der Waals surface area contributed by atoms with Gasteiger partial charge in [-0.05, 0) is 42.8 Å². The third-order valence-electron chi connectivity index (χ3n) is 2.37. The molecule has 0 fully saturated rings. The summed E-state index contributed by atoms with van der Waals surface area (Å²) in [4.78, 5) is 2.44. The van der Waals surface area contributed by atoms with Crippen molar-refractivity contribution < 1.29 is 0 Å². The standard InChI is InChI=1S/C14H12BrClS/c1-10(16)13-9-11(15)7-8-14(13)17-12-5-3-2-4-6-12/h2-10H,1H3. The van der Waals surface area contributed by atoms with Crippen LogP contribution < -0.4 is 0 Å². The Hall–Kier alpha value is -0.440. The lowest BCUT2D eigenvalue weighted by Gasteiger charge is -2.11. The van der Waals surface area contributed by atoms with Crippen LogP contribution in [0.3, 0.4) is 0 Å². The summed E-state index contributed by atoms with van der Waals surface area (Å²) in [6.07, 6.45) is 0. The lowest BCUT2D eigenvalue weighted by Crippen LogP contribution is -1.88. The van der Waals surface area contributed by atoms with E-state index < -0.39 is 0 Å². The lowest BCUT2D eigenvalue weighted by molar-refractivity contribution is 1.03. The van der Waals surface area contributed by atoms with E-state index in [2.05, 4.69) is 40.2 Å². The third kappa shape index (κ3) is 3.51. The molecule has 0 amide bonds. The van der Waals surface area contributed by atoms with Crippen LogP contribution in [0.15, 0.2) is 62.8 Å². The molecule has 17 heavy (non-hydrogen) atoms. The van der Waals surface area contributed by atoms with Crippen molar-refractivity contribution in [1.82, 2.24) is 0 Å². The average molecular weight is 328 g/mol. The minimum Gasteiger partial charge on any atom is -0.118 e. The molecular weight excluding hydrogens is 316 g/mol. The molecule has 0 nitrogen and oxygen atoms in total. The molecule has 3 heteroatoms. The van der Waals surface area contributed by atoms with Crippen molar-refractivity contribution in [3.8, 4) is 0 Å². The van der Waals surface area contributed by atoms with Crippen molar-refractivity contribution in [2.75, 3.05) is 0 Å². The van der Waals surface area contributed by atoms with E-state index in [0.29, 0.717) is 0 Å². The molecule has 2 aromatic carbocycles. The van der Waals surface area contributed by atoms with E-state index in [4.69, 9.17) is 11.6 Å². The zero-order valence-electron chi connectivity index (χ0n) is 9.36. The summed E-state index contributed by atoms with van der Waals surface area (Å²) in [5.74, 6) is 0. The summed E-state index contributed by atoms with van der Waals surface area (Å²) < 4.78 is 1.07. The molecule has 0 bridgehead atoms. The largest absolute Gasteiger partial charge is 0.118 e. The SMILES string of the molecule is CC(Cl)c1cc(Br)ccc1Sc1ccccc1. The summed E-state index contributed by atoms with van der Waals surface area (Å²) >= 11 is 11.4. The van der Waals surface area contributed by atoms with Crippen LogP contribution in [0.25, 0.3) is 0 Å². The van der Waals surface area contributed by atoms with Gasteiger partial charge in [0.2, 0.25) is 0 Å². The molecule has 0 aliphatic carbocycles. The van der Waals surface area contributed by atoms with Gasteiger partial charge in [0.15, 0.2) is 0 Å². The first-order valence-electron chi connectivity index (χ1n) is 5.33. The van der Waals surface area contributed by atoms with Gasteiger partial charge in [0.25, 0.3) is 0 Å². The van der Waals surface area contributed by atoms with Crippen LogP contribution in [-0.4, -0.2) is 0 Å². The molecule has 2 aromatic rings. The van der Waals surface area contributed by atoms with Gasteiger partial charge in [-0.3, -0.25) is 0 Å². The fourth-order valence-electron chi connectivity index (χ4n) is 1.54. The van der Waals surface area contributed by atoms with Crippen molar-refractivity contribution in [3.05, 3.63) is 58.6 Å². The van der Waals surface area contributed by atoms with Crippen LogP contribution in [0.5, 0.6) is 0 Å². The van der Waals surface area contributed by atoms with Crippen LogP contribution in [-0.2, 0) is 0 Å². The maximum absolute atomic E-state index is 6.21. The van der Waals surface area contributed by atoms with Crippen molar-refractivity contribution in [2.45, 2.75) is 22.1 Å². The first-order valence-corrected chi connectivity index (χ1v) is 7.38. The maximum Gasteiger partial charge on any atom is 0.0568 e. The molecule has 0 N–H and O–H groups in total. The van der Waals surface area contributed by atoms with E-state index >= 15 is 0 Å². The van der Waals surface area contributed by atoms with E-state index in [9.17, 15) is 0 Å². The van der Waals surface area contributed by atoms with E-state index in [1.165, 1.54) is 9.79 Å². The van der Waals surface area contributed by atoms with Gasteiger partial charge in [0.05, 0.1) is 5.38 Å². The summed E-state index contributed by atoms with van der Waals surface area (Å²) in [5.41, 5.74) is 1.16. The monoisotopic (exact) mass is 326 g/mol. The van der Waals surface area contributed by atoms with Crippen molar-refractivity contribution in [1.29, 1.82) is 0 Å². The topological polar surface area (TPSA) is 0 Å². The second-order valence-corrected chi connectivity index (χ2v) is 6.40. The molecule has 1 atom stereocenters. The number of alkyl halides is 1. The molecule has 0 aliphatic rings.